The van der Waals surface area contributed by atoms with Gasteiger partial charge in [-0.05, 0) is 37.1 Å². The Balaban J connectivity index is 1.65. The van der Waals surface area contributed by atoms with E-state index in [1.807, 2.05) is 35.9 Å². The molecule has 8 nitrogen and oxygen atoms in total. The Morgan fingerprint density at radius 3 is 2.55 bits per heavy atom. The van der Waals surface area contributed by atoms with Gasteiger partial charge < -0.3 is 14.6 Å². The first-order valence-corrected chi connectivity index (χ1v) is 12.4. The zero-order chi connectivity index (χ0) is 23.4. The molecule has 4 rings (SSSR count). The molecule has 1 N–H and O–H groups in total. The molecule has 1 saturated heterocycles. The molecule has 1 aromatic heterocycles. The molecule has 0 spiro atoms. The van der Waals surface area contributed by atoms with E-state index in [-0.39, 0.29) is 10.5 Å². The van der Waals surface area contributed by atoms with Gasteiger partial charge in [-0.3, -0.25) is 4.79 Å². The van der Waals surface area contributed by atoms with Crippen LogP contribution in [0.25, 0.3) is 0 Å². The van der Waals surface area contributed by atoms with Gasteiger partial charge in [-0.1, -0.05) is 30.7 Å². The SMILES string of the molecule is COc1ccccc1[C@H](NC(=O)c1cccc(S(=O)(=O)N2CCCCC2)c1)c1nccn1C. The maximum absolute atomic E-state index is 13.3. The van der Waals surface area contributed by atoms with Crippen molar-refractivity contribution in [1.29, 1.82) is 0 Å². The van der Waals surface area contributed by atoms with Crippen LogP contribution in [0.15, 0.2) is 65.8 Å². The number of imidazole rings is 1. The van der Waals surface area contributed by atoms with E-state index in [0.29, 0.717) is 24.7 Å². The van der Waals surface area contributed by atoms with Crippen LogP contribution in [0, 0.1) is 0 Å². The number of piperidine rings is 1. The van der Waals surface area contributed by atoms with Crippen LogP contribution in [0.2, 0.25) is 0 Å². The molecular weight excluding hydrogens is 440 g/mol. The van der Waals surface area contributed by atoms with Crippen molar-refractivity contribution >= 4 is 15.9 Å². The van der Waals surface area contributed by atoms with Crippen molar-refractivity contribution in [3.63, 3.8) is 0 Å². The number of carbonyl (C=O) groups excluding carboxylic acids is 1. The molecule has 1 fully saturated rings. The topological polar surface area (TPSA) is 93.5 Å². The number of carbonyl (C=O) groups is 1. The summed E-state index contributed by atoms with van der Waals surface area (Å²) in [5, 5.41) is 3.02. The lowest BCUT2D eigenvalue weighted by atomic mass is 10.0. The molecule has 3 aromatic rings. The van der Waals surface area contributed by atoms with Crippen molar-refractivity contribution in [2.75, 3.05) is 20.2 Å². The van der Waals surface area contributed by atoms with Crippen LogP contribution >= 0.6 is 0 Å². The Morgan fingerprint density at radius 1 is 1.09 bits per heavy atom. The molecule has 0 aliphatic carbocycles. The number of nitrogens with zero attached hydrogens (tertiary/aromatic N) is 3. The number of rotatable bonds is 7. The zero-order valence-electron chi connectivity index (χ0n) is 18.8. The summed E-state index contributed by atoms with van der Waals surface area (Å²) in [6.45, 7) is 1.02. The maximum atomic E-state index is 13.3. The molecule has 1 aliphatic rings. The van der Waals surface area contributed by atoms with Crippen LogP contribution in [0.1, 0.15) is 47.1 Å². The minimum Gasteiger partial charge on any atom is -0.496 e. The third kappa shape index (κ3) is 4.79. The average Bonchev–Trinajstić information content (AvgIpc) is 3.28. The van der Waals surface area contributed by atoms with Crippen molar-refractivity contribution in [3.05, 3.63) is 77.9 Å². The average molecular weight is 469 g/mol. The number of hydrogen-bond donors (Lipinski definition) is 1. The van der Waals surface area contributed by atoms with Gasteiger partial charge in [-0.25, -0.2) is 13.4 Å². The number of hydrogen-bond acceptors (Lipinski definition) is 5. The normalized spacial score (nSPS) is 15.7. The van der Waals surface area contributed by atoms with Gasteiger partial charge in [0.25, 0.3) is 5.91 Å². The number of sulfonamides is 1. The molecule has 0 radical (unpaired) electrons. The third-order valence-electron chi connectivity index (χ3n) is 5.89. The number of benzene rings is 2. The van der Waals surface area contributed by atoms with Gasteiger partial charge in [-0.2, -0.15) is 4.31 Å². The summed E-state index contributed by atoms with van der Waals surface area (Å²) in [5.74, 6) is 0.849. The summed E-state index contributed by atoms with van der Waals surface area (Å²) in [7, 11) is -0.218. The molecule has 33 heavy (non-hydrogen) atoms. The summed E-state index contributed by atoms with van der Waals surface area (Å²) in [5.41, 5.74) is 1.02. The Morgan fingerprint density at radius 2 is 1.85 bits per heavy atom. The maximum Gasteiger partial charge on any atom is 0.252 e. The molecule has 174 valence electrons. The van der Waals surface area contributed by atoms with Gasteiger partial charge in [0.2, 0.25) is 10.0 Å². The second-order valence-electron chi connectivity index (χ2n) is 8.04. The number of aromatic nitrogens is 2. The predicted molar refractivity (Wildman–Crippen MR) is 125 cm³/mol. The molecular formula is C24H28N4O4S. The summed E-state index contributed by atoms with van der Waals surface area (Å²) in [6, 6.07) is 13.0. The van der Waals surface area contributed by atoms with Crippen molar-refractivity contribution in [2.45, 2.75) is 30.2 Å². The molecule has 1 aliphatic heterocycles. The Bertz CT molecular complexity index is 1230. The lowest BCUT2D eigenvalue weighted by molar-refractivity contribution is 0.0940. The van der Waals surface area contributed by atoms with Crippen LogP contribution in [0.5, 0.6) is 5.75 Å². The highest BCUT2D eigenvalue weighted by Gasteiger charge is 2.28. The number of nitrogens with one attached hydrogen (secondary N) is 1. The van der Waals surface area contributed by atoms with E-state index in [1.165, 1.54) is 16.4 Å². The van der Waals surface area contributed by atoms with E-state index in [9.17, 15) is 13.2 Å². The first kappa shape index (κ1) is 23.0. The van der Waals surface area contributed by atoms with E-state index in [0.717, 1.165) is 24.8 Å². The van der Waals surface area contributed by atoms with Crippen LogP contribution in [0.4, 0.5) is 0 Å². The fourth-order valence-electron chi connectivity index (χ4n) is 4.11. The fourth-order valence-corrected chi connectivity index (χ4v) is 5.67. The van der Waals surface area contributed by atoms with Crippen molar-refractivity contribution in [3.8, 4) is 5.75 Å². The number of ether oxygens (including phenoxy) is 1. The lowest BCUT2D eigenvalue weighted by Gasteiger charge is -2.26. The van der Waals surface area contributed by atoms with Gasteiger partial charge in [-0.15, -0.1) is 0 Å². The zero-order valence-corrected chi connectivity index (χ0v) is 19.6. The Kier molecular flexibility index (Phi) is 6.80. The van der Waals surface area contributed by atoms with Gasteiger partial charge in [0.05, 0.1) is 12.0 Å². The van der Waals surface area contributed by atoms with Gasteiger partial charge in [0.15, 0.2) is 0 Å². The smallest absolute Gasteiger partial charge is 0.252 e. The van der Waals surface area contributed by atoms with E-state index >= 15 is 0 Å². The lowest BCUT2D eigenvalue weighted by Crippen LogP contribution is -2.36. The molecule has 2 heterocycles. The fraction of sp³-hybridized carbons (Fsp3) is 0.333. The second-order valence-corrected chi connectivity index (χ2v) is 9.98. The number of methoxy groups -OCH3 is 1. The monoisotopic (exact) mass is 468 g/mol. The van der Waals surface area contributed by atoms with E-state index in [2.05, 4.69) is 10.3 Å². The highest BCUT2D eigenvalue weighted by atomic mass is 32.2. The molecule has 0 bridgehead atoms. The molecule has 1 amide bonds. The number of aryl methyl sites for hydroxylation is 1. The summed E-state index contributed by atoms with van der Waals surface area (Å²) >= 11 is 0. The van der Waals surface area contributed by atoms with E-state index < -0.39 is 22.0 Å². The van der Waals surface area contributed by atoms with Gasteiger partial charge in [0.1, 0.15) is 17.6 Å². The summed E-state index contributed by atoms with van der Waals surface area (Å²) < 4.78 is 35.0. The Hall–Kier alpha value is -3.17. The summed E-state index contributed by atoms with van der Waals surface area (Å²) in [4.78, 5) is 17.8. The van der Waals surface area contributed by atoms with Crippen molar-refractivity contribution in [2.24, 2.45) is 7.05 Å². The minimum absolute atomic E-state index is 0.128. The van der Waals surface area contributed by atoms with Crippen molar-refractivity contribution < 1.29 is 17.9 Å². The molecule has 0 unspecified atom stereocenters. The molecule has 2 aromatic carbocycles. The predicted octanol–water partition coefficient (Wildman–Crippen LogP) is 3.12. The highest BCUT2D eigenvalue weighted by molar-refractivity contribution is 7.89. The first-order valence-electron chi connectivity index (χ1n) is 10.9. The number of amides is 1. The van der Waals surface area contributed by atoms with Gasteiger partial charge >= 0.3 is 0 Å². The van der Waals surface area contributed by atoms with Crippen LogP contribution in [-0.4, -0.2) is 48.4 Å². The van der Waals surface area contributed by atoms with Crippen LogP contribution in [0.3, 0.4) is 0 Å². The highest BCUT2D eigenvalue weighted by Crippen LogP contribution is 2.29. The first-order chi connectivity index (χ1) is 15.9. The minimum atomic E-state index is -3.64. The van der Waals surface area contributed by atoms with Crippen LogP contribution in [-0.2, 0) is 17.1 Å². The van der Waals surface area contributed by atoms with E-state index in [4.69, 9.17) is 4.74 Å². The second kappa shape index (κ2) is 9.76. The van der Waals surface area contributed by atoms with Crippen LogP contribution < -0.4 is 10.1 Å². The standard InChI is InChI=1S/C24H28N4O4S/c1-27-16-13-25-23(27)22(20-11-4-5-12-21(20)32-2)26-24(29)18-9-8-10-19(17-18)33(30,31)28-14-6-3-7-15-28/h4-5,8-13,16-17,22H,3,6-7,14-15H2,1-2H3,(H,26,29)/t22-/m0/s1. The van der Waals surface area contributed by atoms with E-state index in [1.54, 1.807) is 31.6 Å². The largest absolute Gasteiger partial charge is 0.496 e. The Labute approximate surface area is 194 Å². The van der Waals surface area contributed by atoms with Crippen molar-refractivity contribution in [1.82, 2.24) is 19.2 Å². The third-order valence-corrected chi connectivity index (χ3v) is 7.79. The molecule has 9 heteroatoms. The molecule has 0 saturated carbocycles. The van der Waals surface area contributed by atoms with Gasteiger partial charge in [0, 0.05) is 43.7 Å². The quantitative estimate of drug-likeness (QED) is 0.575. The number of para-hydroxylation sites is 1. The summed E-state index contributed by atoms with van der Waals surface area (Å²) in [6.07, 6.45) is 6.20. The molecule has 1 atom stereocenters.